The topological polar surface area (TPSA) is 65.7 Å². The third-order valence-corrected chi connectivity index (χ3v) is 4.18. The van der Waals surface area contributed by atoms with Crippen LogP contribution in [0.25, 0.3) is 0 Å². The summed E-state index contributed by atoms with van der Waals surface area (Å²) in [5.74, 6) is 0. The highest BCUT2D eigenvalue weighted by Gasteiger charge is 2.16. The fraction of sp³-hybridized carbons (Fsp3) is 0.550. The normalized spacial score (nSPS) is 13.1. The molecule has 0 spiro atoms. The number of hydrogen-bond donors (Lipinski definition) is 3. The molecule has 1 aromatic carbocycles. The number of hydrogen-bond acceptors (Lipinski definition) is 5. The largest absolute Gasteiger partial charge is 0.376 e. The van der Waals surface area contributed by atoms with E-state index in [1.54, 1.807) is 0 Å². The van der Waals surface area contributed by atoms with Crippen LogP contribution in [0.4, 0.5) is 5.69 Å². The van der Waals surface area contributed by atoms with E-state index in [0.29, 0.717) is 19.9 Å². The second kappa shape index (κ2) is 10.2. The Morgan fingerprint density at radius 3 is 2.60 bits per heavy atom. The number of rotatable bonds is 9. The van der Waals surface area contributed by atoms with Crippen LogP contribution in [0.1, 0.15) is 47.1 Å². The molecule has 0 atom stereocenters. The van der Waals surface area contributed by atoms with Crippen molar-refractivity contribution < 1.29 is 0 Å². The van der Waals surface area contributed by atoms with Crippen LogP contribution in [0.3, 0.4) is 0 Å². The van der Waals surface area contributed by atoms with Crippen molar-refractivity contribution in [3.05, 3.63) is 41.6 Å². The Labute approximate surface area is 153 Å². The SMILES string of the molecule is C/C=C(\C)NCNCN(/N=C(\C)C(C)(C)C)c1cccc(CCN)c1. The van der Waals surface area contributed by atoms with E-state index in [4.69, 9.17) is 10.8 Å². The number of nitrogens with two attached hydrogens (primary N) is 1. The molecule has 0 aliphatic carbocycles. The molecule has 1 aromatic rings. The third-order valence-electron chi connectivity index (χ3n) is 4.18. The minimum atomic E-state index is 0.0346. The van der Waals surface area contributed by atoms with Gasteiger partial charge in [-0.2, -0.15) is 5.10 Å². The summed E-state index contributed by atoms with van der Waals surface area (Å²) in [6.07, 6.45) is 2.93. The minimum Gasteiger partial charge on any atom is -0.376 e. The molecule has 140 valence electrons. The Hall–Kier alpha value is -1.85. The number of nitrogens with zero attached hydrogens (tertiary/aromatic N) is 2. The number of benzene rings is 1. The Morgan fingerprint density at radius 2 is 2.00 bits per heavy atom. The molecule has 25 heavy (non-hydrogen) atoms. The molecule has 0 saturated carbocycles. The minimum absolute atomic E-state index is 0.0346. The highest BCUT2D eigenvalue weighted by atomic mass is 15.5. The number of hydrazone groups is 1. The van der Waals surface area contributed by atoms with Crippen molar-refractivity contribution in [3.8, 4) is 0 Å². The van der Waals surface area contributed by atoms with Crippen LogP contribution in [-0.2, 0) is 6.42 Å². The van der Waals surface area contributed by atoms with Gasteiger partial charge in [0.1, 0.15) is 0 Å². The lowest BCUT2D eigenvalue weighted by Crippen LogP contribution is -2.37. The smallest absolute Gasteiger partial charge is 0.0924 e. The molecule has 0 saturated heterocycles. The first-order chi connectivity index (χ1) is 11.8. The van der Waals surface area contributed by atoms with Gasteiger partial charge in [-0.05, 0) is 51.4 Å². The van der Waals surface area contributed by atoms with Crippen LogP contribution in [-0.4, -0.2) is 25.6 Å². The standard InChI is InChI=1S/C20H35N5/c1-7-16(2)23-14-22-15-25(24-17(3)20(4,5)6)19-10-8-9-18(13-19)11-12-21/h7-10,13,22-23H,11-12,14-15,21H2,1-6H3/b16-7+,24-17+. The molecule has 5 heteroatoms. The number of nitrogens with one attached hydrogen (secondary N) is 2. The molecule has 0 aromatic heterocycles. The van der Waals surface area contributed by atoms with Gasteiger partial charge in [-0.3, -0.25) is 10.3 Å². The molecule has 0 unspecified atom stereocenters. The van der Waals surface area contributed by atoms with Crippen molar-refractivity contribution >= 4 is 11.4 Å². The Bertz CT molecular complexity index is 584. The van der Waals surface area contributed by atoms with Crippen LogP contribution >= 0.6 is 0 Å². The first-order valence-electron chi connectivity index (χ1n) is 8.97. The van der Waals surface area contributed by atoms with Crippen LogP contribution in [0, 0.1) is 5.41 Å². The first-order valence-corrected chi connectivity index (χ1v) is 8.97. The molecule has 0 bridgehead atoms. The summed E-state index contributed by atoms with van der Waals surface area (Å²) >= 11 is 0. The number of allylic oxidation sites excluding steroid dienone is 2. The summed E-state index contributed by atoms with van der Waals surface area (Å²) in [5.41, 5.74) is 10.3. The Morgan fingerprint density at radius 1 is 1.28 bits per heavy atom. The molecule has 5 nitrogen and oxygen atoms in total. The van der Waals surface area contributed by atoms with Crippen LogP contribution < -0.4 is 21.4 Å². The molecule has 4 N–H and O–H groups in total. The lowest BCUT2D eigenvalue weighted by molar-refractivity contribution is 0.573. The Kier molecular flexibility index (Phi) is 8.66. The van der Waals surface area contributed by atoms with Gasteiger partial charge >= 0.3 is 0 Å². The van der Waals surface area contributed by atoms with E-state index < -0.39 is 0 Å². The van der Waals surface area contributed by atoms with E-state index >= 15 is 0 Å². The van der Waals surface area contributed by atoms with E-state index in [0.717, 1.165) is 23.5 Å². The van der Waals surface area contributed by atoms with Crippen molar-refractivity contribution in [1.82, 2.24) is 10.6 Å². The first kappa shape index (κ1) is 21.2. The summed E-state index contributed by atoms with van der Waals surface area (Å²) in [4.78, 5) is 0. The molecular formula is C20H35N5. The van der Waals surface area contributed by atoms with Gasteiger partial charge < -0.3 is 11.1 Å². The molecule has 1 rings (SSSR count). The zero-order chi connectivity index (χ0) is 18.9. The number of anilines is 1. The molecule has 0 aliphatic heterocycles. The highest BCUT2D eigenvalue weighted by molar-refractivity contribution is 5.87. The molecule has 0 amide bonds. The average Bonchev–Trinajstić information content (AvgIpc) is 2.56. The molecule has 0 heterocycles. The summed E-state index contributed by atoms with van der Waals surface area (Å²) in [6, 6.07) is 8.43. The van der Waals surface area contributed by atoms with Gasteiger partial charge in [0.25, 0.3) is 0 Å². The molecule has 0 fully saturated rings. The van der Waals surface area contributed by atoms with Gasteiger partial charge in [0.2, 0.25) is 0 Å². The predicted molar refractivity (Wildman–Crippen MR) is 110 cm³/mol. The predicted octanol–water partition coefficient (Wildman–Crippen LogP) is 3.43. The van der Waals surface area contributed by atoms with Gasteiger partial charge in [-0.15, -0.1) is 0 Å². The maximum atomic E-state index is 5.70. The monoisotopic (exact) mass is 345 g/mol. The fourth-order valence-corrected chi connectivity index (χ4v) is 2.02. The lowest BCUT2D eigenvalue weighted by Gasteiger charge is -2.25. The second-order valence-electron chi connectivity index (χ2n) is 7.28. The van der Waals surface area contributed by atoms with Gasteiger partial charge in [0.05, 0.1) is 19.0 Å². The van der Waals surface area contributed by atoms with E-state index in [-0.39, 0.29) is 5.41 Å². The third kappa shape index (κ3) is 7.71. The summed E-state index contributed by atoms with van der Waals surface area (Å²) in [7, 11) is 0. The van der Waals surface area contributed by atoms with E-state index in [2.05, 4.69) is 75.6 Å². The lowest BCUT2D eigenvalue weighted by atomic mass is 9.91. The Balaban J connectivity index is 2.93. The van der Waals surface area contributed by atoms with E-state index in [1.807, 2.05) is 11.9 Å². The molecular weight excluding hydrogens is 310 g/mol. The van der Waals surface area contributed by atoms with Crippen LogP contribution in [0.2, 0.25) is 0 Å². The van der Waals surface area contributed by atoms with Gasteiger partial charge in [-0.1, -0.05) is 39.0 Å². The molecule has 0 radical (unpaired) electrons. The van der Waals surface area contributed by atoms with Crippen molar-refractivity contribution in [2.45, 2.75) is 48.0 Å². The average molecular weight is 346 g/mol. The van der Waals surface area contributed by atoms with Gasteiger partial charge in [0, 0.05) is 16.8 Å². The second-order valence-corrected chi connectivity index (χ2v) is 7.28. The van der Waals surface area contributed by atoms with Crippen molar-refractivity contribution in [2.75, 3.05) is 24.9 Å². The zero-order valence-electron chi connectivity index (χ0n) is 16.7. The maximum absolute atomic E-state index is 5.70. The van der Waals surface area contributed by atoms with Crippen molar-refractivity contribution in [2.24, 2.45) is 16.3 Å². The molecule has 0 aliphatic rings. The van der Waals surface area contributed by atoms with Gasteiger partial charge in [0.15, 0.2) is 0 Å². The van der Waals surface area contributed by atoms with Crippen molar-refractivity contribution in [1.29, 1.82) is 0 Å². The van der Waals surface area contributed by atoms with Crippen LogP contribution in [0.5, 0.6) is 0 Å². The van der Waals surface area contributed by atoms with E-state index in [1.165, 1.54) is 5.56 Å². The quantitative estimate of drug-likeness (QED) is 0.278. The summed E-state index contributed by atoms with van der Waals surface area (Å²) < 4.78 is 0. The summed E-state index contributed by atoms with van der Waals surface area (Å²) in [5, 5.41) is 13.6. The van der Waals surface area contributed by atoms with Crippen LogP contribution in [0.15, 0.2) is 41.1 Å². The highest BCUT2D eigenvalue weighted by Crippen LogP contribution is 2.20. The maximum Gasteiger partial charge on any atom is 0.0924 e. The van der Waals surface area contributed by atoms with Crippen molar-refractivity contribution in [3.63, 3.8) is 0 Å². The fourth-order valence-electron chi connectivity index (χ4n) is 2.02. The van der Waals surface area contributed by atoms with E-state index in [9.17, 15) is 0 Å². The summed E-state index contributed by atoms with van der Waals surface area (Å²) in [6.45, 7) is 14.7. The zero-order valence-corrected chi connectivity index (χ0v) is 16.7. The van der Waals surface area contributed by atoms with Gasteiger partial charge in [-0.25, -0.2) is 0 Å².